The number of hydrogen-bond acceptors (Lipinski definition) is 3. The molecule has 0 radical (unpaired) electrons. The molecule has 0 unspecified atom stereocenters. The van der Waals surface area contributed by atoms with Gasteiger partial charge < -0.3 is 5.32 Å². The largest absolute Gasteiger partial charge is 0.446 e. The predicted molar refractivity (Wildman–Crippen MR) is 77.8 cm³/mol. The van der Waals surface area contributed by atoms with E-state index in [0.717, 1.165) is 29.6 Å². The van der Waals surface area contributed by atoms with Crippen molar-refractivity contribution in [1.82, 2.24) is 4.90 Å². The van der Waals surface area contributed by atoms with Crippen LogP contribution in [0.3, 0.4) is 0 Å². The zero-order chi connectivity index (χ0) is 24.3. The van der Waals surface area contributed by atoms with Gasteiger partial charge in [-0.3, -0.25) is 4.79 Å². The fraction of sp³-hybridized carbons (Fsp3) is 0.400. The highest BCUT2D eigenvalue weighted by Crippen LogP contribution is 2.60. The van der Waals surface area contributed by atoms with E-state index in [0.29, 0.717) is 0 Å². The average Bonchev–Trinajstić information content (AvgIpc) is 2.58. The van der Waals surface area contributed by atoms with Crippen LogP contribution < -0.4 is 5.32 Å². The predicted octanol–water partition coefficient (Wildman–Crippen LogP) is 5.20. The Kier molecular flexibility index (Phi) is 5.60. The summed E-state index contributed by atoms with van der Waals surface area (Å²) in [6, 6.07) is -10.7. The van der Waals surface area contributed by atoms with Gasteiger partial charge >= 0.3 is 36.3 Å². The minimum absolute atomic E-state index is 0.269. The van der Waals surface area contributed by atoms with Crippen LogP contribution in [0.15, 0.2) is 30.8 Å². The molecule has 1 N–H and O–H groups in total. The maximum atomic E-state index is 14.8. The van der Waals surface area contributed by atoms with E-state index in [4.69, 9.17) is 0 Å². The summed E-state index contributed by atoms with van der Waals surface area (Å²) in [7, 11) is 0. The molecule has 4 nitrogen and oxygen atoms in total. The van der Waals surface area contributed by atoms with Crippen LogP contribution in [0.4, 0.5) is 58.4 Å². The highest BCUT2D eigenvalue weighted by molar-refractivity contribution is 5.97. The number of carbonyl (C=O) groups is 1. The van der Waals surface area contributed by atoms with E-state index >= 15 is 0 Å². The topological polar surface area (TPSA) is 41.6 Å². The van der Waals surface area contributed by atoms with Crippen LogP contribution in [0.25, 0.3) is 6.08 Å². The van der Waals surface area contributed by atoms with Gasteiger partial charge in [0.1, 0.15) is 0 Å². The molecule has 2 rings (SSSR count). The van der Waals surface area contributed by atoms with Crippen molar-refractivity contribution in [2.24, 2.45) is 0 Å². The molecule has 1 amide bonds. The molecule has 0 spiro atoms. The number of nitrogens with one attached hydrogen (secondary N) is 1. The van der Waals surface area contributed by atoms with Crippen LogP contribution in [-0.4, -0.2) is 47.1 Å². The monoisotopic (exact) mass is 476 g/mol. The second kappa shape index (κ2) is 7.01. The van der Waals surface area contributed by atoms with Gasteiger partial charge in [0.25, 0.3) is 5.91 Å². The first kappa shape index (κ1) is 24.8. The Morgan fingerprint density at radius 1 is 0.903 bits per heavy atom. The molecule has 1 saturated heterocycles. The molecular formula is C15H8F12N2O2. The molecular weight excluding hydrogens is 468 g/mol. The first-order valence-electron chi connectivity index (χ1n) is 7.57. The lowest BCUT2D eigenvalue weighted by atomic mass is 10.1. The van der Waals surface area contributed by atoms with Gasteiger partial charge in [0, 0.05) is 5.69 Å². The lowest BCUT2D eigenvalue weighted by Gasteiger charge is -2.51. The number of morpholine rings is 1. The number of carbonyl (C=O) groups excluding carboxylic acids is 1. The van der Waals surface area contributed by atoms with E-state index in [9.17, 15) is 57.5 Å². The van der Waals surface area contributed by atoms with Gasteiger partial charge in [-0.25, -0.2) is 9.13 Å². The van der Waals surface area contributed by atoms with E-state index in [2.05, 4.69) is 6.58 Å². The van der Waals surface area contributed by atoms with E-state index < -0.39 is 52.8 Å². The van der Waals surface area contributed by atoms with Gasteiger partial charge in [-0.2, -0.15) is 48.3 Å². The normalized spacial score (nSPS) is 24.1. The van der Waals surface area contributed by atoms with Crippen molar-refractivity contribution < 1.29 is 62.2 Å². The summed E-state index contributed by atoms with van der Waals surface area (Å²) >= 11 is 0. The minimum atomic E-state index is -7.14. The standard InChI is InChI=1S/C15H8F12N2O2/c1-2-7-3-5-8(6-4-7)28-9(30)10(16,11(17,18)19)29-12(20,21)14(24,25)31-15(26,27)13(29,22)23/h2-6H,1H2,(H,28,30)/t10-/m0/s1. The summed E-state index contributed by atoms with van der Waals surface area (Å²) in [5.41, 5.74) is -0.550. The Hall–Kier alpha value is -2.49. The summed E-state index contributed by atoms with van der Waals surface area (Å²) in [6.45, 7) is 3.29. The molecule has 1 aromatic rings. The van der Waals surface area contributed by atoms with E-state index in [1.165, 1.54) is 6.08 Å². The smallest absolute Gasteiger partial charge is 0.322 e. The van der Waals surface area contributed by atoms with Crippen molar-refractivity contribution in [3.05, 3.63) is 36.4 Å². The van der Waals surface area contributed by atoms with Crippen molar-refractivity contribution in [2.75, 3.05) is 5.32 Å². The van der Waals surface area contributed by atoms with Gasteiger partial charge in [-0.15, -0.1) is 4.90 Å². The molecule has 1 aliphatic heterocycles. The fourth-order valence-corrected chi connectivity index (χ4v) is 2.38. The average molecular weight is 476 g/mol. The van der Waals surface area contributed by atoms with Gasteiger partial charge in [0.05, 0.1) is 0 Å². The molecule has 1 atom stereocenters. The third kappa shape index (κ3) is 3.60. The lowest BCUT2D eigenvalue weighted by Crippen LogP contribution is -2.82. The molecule has 0 saturated carbocycles. The first-order valence-corrected chi connectivity index (χ1v) is 7.57. The Labute approximate surface area is 164 Å². The van der Waals surface area contributed by atoms with Crippen molar-refractivity contribution in [3.8, 4) is 0 Å². The number of rotatable bonds is 4. The molecule has 1 aromatic carbocycles. The van der Waals surface area contributed by atoms with Crippen LogP contribution in [0.1, 0.15) is 5.56 Å². The molecule has 0 aromatic heterocycles. The Morgan fingerprint density at radius 2 is 1.32 bits per heavy atom. The molecule has 1 aliphatic rings. The van der Waals surface area contributed by atoms with E-state index in [-0.39, 0.29) is 5.56 Å². The van der Waals surface area contributed by atoms with Crippen LogP contribution >= 0.6 is 0 Å². The van der Waals surface area contributed by atoms with Gasteiger partial charge in [0.2, 0.25) is 0 Å². The van der Waals surface area contributed by atoms with Gasteiger partial charge in [0.15, 0.2) is 0 Å². The highest BCUT2D eigenvalue weighted by atomic mass is 19.4. The molecule has 0 aliphatic carbocycles. The third-order valence-corrected chi connectivity index (χ3v) is 3.91. The molecule has 1 heterocycles. The molecule has 174 valence electrons. The maximum Gasteiger partial charge on any atom is 0.446 e. The quantitative estimate of drug-likeness (QED) is 0.480. The van der Waals surface area contributed by atoms with Crippen molar-refractivity contribution in [3.63, 3.8) is 0 Å². The van der Waals surface area contributed by atoms with Gasteiger partial charge in [-0.05, 0) is 17.7 Å². The first-order chi connectivity index (χ1) is 13.8. The number of amides is 1. The van der Waals surface area contributed by atoms with Crippen LogP contribution in [-0.2, 0) is 9.53 Å². The number of alkyl halides is 12. The Balaban J connectivity index is 2.68. The highest BCUT2D eigenvalue weighted by Gasteiger charge is 2.90. The van der Waals surface area contributed by atoms with Crippen LogP contribution in [0.2, 0.25) is 0 Å². The summed E-state index contributed by atoms with van der Waals surface area (Å²) in [6.07, 6.45) is -19.5. The number of halogens is 12. The van der Waals surface area contributed by atoms with E-state index in [1.807, 2.05) is 4.74 Å². The third-order valence-electron chi connectivity index (χ3n) is 3.91. The van der Waals surface area contributed by atoms with Gasteiger partial charge in [-0.1, -0.05) is 24.8 Å². The van der Waals surface area contributed by atoms with Crippen LogP contribution in [0, 0.1) is 0 Å². The molecule has 16 heteroatoms. The Bertz CT molecular complexity index is 842. The number of nitrogens with zero attached hydrogens (tertiary/aromatic N) is 1. The summed E-state index contributed by atoms with van der Waals surface area (Å²) < 4.78 is 165. The Morgan fingerprint density at radius 3 is 1.68 bits per heavy atom. The number of benzene rings is 1. The summed E-state index contributed by atoms with van der Waals surface area (Å²) in [4.78, 5) is 8.33. The maximum absolute atomic E-state index is 14.8. The number of ether oxygens (including phenoxy) is 1. The second-order valence-corrected chi connectivity index (χ2v) is 5.95. The fourth-order valence-electron chi connectivity index (χ4n) is 2.38. The molecule has 0 bridgehead atoms. The van der Waals surface area contributed by atoms with E-state index in [1.54, 1.807) is 0 Å². The molecule has 31 heavy (non-hydrogen) atoms. The zero-order valence-electron chi connectivity index (χ0n) is 14.4. The molecule has 1 fully saturated rings. The summed E-state index contributed by atoms with van der Waals surface area (Å²) in [5.74, 6) is -10.2. The van der Waals surface area contributed by atoms with Crippen molar-refractivity contribution in [1.29, 1.82) is 0 Å². The zero-order valence-corrected chi connectivity index (χ0v) is 14.4. The number of hydrogen-bond donors (Lipinski definition) is 1. The SMILES string of the molecule is C=Cc1ccc(NC(=O)[C@](F)(N2C(F)(F)C(F)(F)OC(F)(F)C2(F)F)C(F)(F)F)cc1. The second-order valence-electron chi connectivity index (χ2n) is 5.95. The van der Waals surface area contributed by atoms with Crippen LogP contribution in [0.5, 0.6) is 0 Å². The van der Waals surface area contributed by atoms with Crippen molar-refractivity contribution in [2.45, 2.75) is 36.3 Å². The summed E-state index contributed by atoms with van der Waals surface area (Å²) in [5, 5.41) is 0.961. The lowest BCUT2D eigenvalue weighted by molar-refractivity contribution is -0.582. The minimum Gasteiger partial charge on any atom is -0.322 e. The number of anilines is 1. The van der Waals surface area contributed by atoms with Crippen molar-refractivity contribution >= 4 is 17.7 Å².